The molecule has 0 spiro atoms. The van der Waals surface area contributed by atoms with Crippen molar-refractivity contribution >= 4 is 33.0 Å². The molecule has 1 fully saturated rings. The lowest BCUT2D eigenvalue weighted by Crippen LogP contribution is -2.49. The van der Waals surface area contributed by atoms with E-state index in [1.807, 2.05) is 60.7 Å². The minimum absolute atomic E-state index is 0.359. The third-order valence-electron chi connectivity index (χ3n) is 6.45. The van der Waals surface area contributed by atoms with Crippen molar-refractivity contribution in [3.63, 3.8) is 0 Å². The van der Waals surface area contributed by atoms with Gasteiger partial charge in [-0.15, -0.1) is 0 Å². The average molecular weight is 544 g/mol. The Morgan fingerprint density at radius 3 is 2.11 bits per heavy atom. The van der Waals surface area contributed by atoms with Crippen LogP contribution in [0.2, 0.25) is 0 Å². The normalized spacial score (nSPS) is 14.9. The van der Waals surface area contributed by atoms with E-state index in [4.69, 9.17) is 19.2 Å². The van der Waals surface area contributed by atoms with E-state index in [1.54, 1.807) is 0 Å². The van der Waals surface area contributed by atoms with E-state index in [-0.39, 0.29) is 0 Å². The third kappa shape index (κ3) is 4.76. The largest absolute Gasteiger partial charge is 0.473 e. The molecule has 2 aliphatic heterocycles. The molecule has 2 aliphatic rings. The van der Waals surface area contributed by atoms with E-state index in [9.17, 15) is 0 Å². The topological polar surface area (TPSA) is 47.1 Å². The van der Waals surface area contributed by atoms with Crippen LogP contribution in [-0.2, 0) is 18.0 Å². The van der Waals surface area contributed by atoms with E-state index >= 15 is 0 Å². The molecular formula is C29H26BrN3O3. The van der Waals surface area contributed by atoms with Crippen LogP contribution in [0.1, 0.15) is 11.1 Å². The van der Waals surface area contributed by atoms with Gasteiger partial charge in [-0.25, -0.2) is 0 Å². The summed E-state index contributed by atoms with van der Waals surface area (Å²) in [6.07, 6.45) is 0. The highest BCUT2D eigenvalue weighted by molar-refractivity contribution is 9.10. The molecule has 0 atom stereocenters. The van der Waals surface area contributed by atoms with Crippen molar-refractivity contribution in [1.29, 1.82) is 0 Å². The molecule has 36 heavy (non-hydrogen) atoms. The van der Waals surface area contributed by atoms with Gasteiger partial charge in [0, 0.05) is 10.5 Å². The predicted molar refractivity (Wildman–Crippen MR) is 144 cm³/mol. The first-order chi connectivity index (χ1) is 17.7. The van der Waals surface area contributed by atoms with Gasteiger partial charge in [0.1, 0.15) is 18.9 Å². The zero-order chi connectivity index (χ0) is 24.3. The number of anilines is 3. The maximum absolute atomic E-state index is 6.32. The Bertz CT molecular complexity index is 1330. The highest BCUT2D eigenvalue weighted by Gasteiger charge is 2.36. The van der Waals surface area contributed by atoms with E-state index < -0.39 is 0 Å². The summed E-state index contributed by atoms with van der Waals surface area (Å²) in [6, 6.07) is 30.9. The SMILES string of the molecule is Brc1ccc2c(c1)N(C1COC1)CN2c1ccc(OCc2ccccc2)nc1OCc1ccccc1. The molecule has 0 amide bonds. The van der Waals surface area contributed by atoms with Crippen LogP contribution in [0.4, 0.5) is 17.1 Å². The van der Waals surface area contributed by atoms with Crippen LogP contribution in [0.15, 0.2) is 95.5 Å². The molecule has 6 nitrogen and oxygen atoms in total. The second-order valence-corrected chi connectivity index (χ2v) is 9.80. The Morgan fingerprint density at radius 2 is 1.44 bits per heavy atom. The predicted octanol–water partition coefficient (Wildman–Crippen LogP) is 6.32. The van der Waals surface area contributed by atoms with Gasteiger partial charge in [-0.2, -0.15) is 4.98 Å². The summed E-state index contributed by atoms with van der Waals surface area (Å²) in [5.41, 5.74) is 5.38. The van der Waals surface area contributed by atoms with E-state index in [0.717, 1.165) is 40.2 Å². The Balaban J connectivity index is 1.32. The molecule has 0 saturated carbocycles. The molecule has 3 heterocycles. The molecule has 4 aromatic rings. The maximum atomic E-state index is 6.32. The zero-order valence-electron chi connectivity index (χ0n) is 19.7. The minimum atomic E-state index is 0.359. The number of hydrogen-bond donors (Lipinski definition) is 0. The summed E-state index contributed by atoms with van der Waals surface area (Å²) >= 11 is 3.64. The van der Waals surface area contributed by atoms with E-state index in [0.29, 0.717) is 37.7 Å². The first-order valence-electron chi connectivity index (χ1n) is 12.0. The molecule has 7 heteroatoms. The Hall–Kier alpha value is -3.55. The summed E-state index contributed by atoms with van der Waals surface area (Å²) in [4.78, 5) is 9.45. The van der Waals surface area contributed by atoms with Crippen LogP contribution >= 0.6 is 15.9 Å². The highest BCUT2D eigenvalue weighted by atomic mass is 79.9. The zero-order valence-corrected chi connectivity index (χ0v) is 21.3. The Labute approximate surface area is 219 Å². The van der Waals surface area contributed by atoms with Gasteiger partial charge < -0.3 is 24.0 Å². The second kappa shape index (κ2) is 10.2. The van der Waals surface area contributed by atoms with Gasteiger partial charge in [-0.05, 0) is 35.4 Å². The molecule has 1 saturated heterocycles. The monoisotopic (exact) mass is 543 g/mol. The van der Waals surface area contributed by atoms with Crippen LogP contribution in [0.5, 0.6) is 11.8 Å². The van der Waals surface area contributed by atoms with Crippen molar-refractivity contribution < 1.29 is 14.2 Å². The second-order valence-electron chi connectivity index (χ2n) is 8.89. The van der Waals surface area contributed by atoms with Gasteiger partial charge in [0.05, 0.1) is 37.3 Å². The number of halogens is 1. The summed E-state index contributed by atoms with van der Waals surface area (Å²) in [7, 11) is 0. The standard InChI is InChI=1S/C29H26BrN3O3/c30-23-11-12-25-27(15-23)32(24-18-34-19-24)20-33(25)26-13-14-28(35-16-21-7-3-1-4-8-21)31-29(26)36-17-22-9-5-2-6-10-22/h1-15,24H,16-20H2. The molecule has 182 valence electrons. The Kier molecular flexibility index (Phi) is 6.49. The fourth-order valence-corrected chi connectivity index (χ4v) is 4.80. The smallest absolute Gasteiger partial charge is 0.241 e. The van der Waals surface area contributed by atoms with Gasteiger partial charge in [0.2, 0.25) is 11.8 Å². The first kappa shape index (κ1) is 22.9. The van der Waals surface area contributed by atoms with Crippen LogP contribution in [0.3, 0.4) is 0 Å². The van der Waals surface area contributed by atoms with Gasteiger partial charge in [0.15, 0.2) is 0 Å². The molecular weight excluding hydrogens is 518 g/mol. The fraction of sp³-hybridized carbons (Fsp3) is 0.207. The van der Waals surface area contributed by atoms with Gasteiger partial charge in [-0.1, -0.05) is 76.6 Å². The first-order valence-corrected chi connectivity index (χ1v) is 12.8. The summed E-state index contributed by atoms with van der Waals surface area (Å²) in [5.74, 6) is 1.08. The van der Waals surface area contributed by atoms with Crippen LogP contribution in [0.25, 0.3) is 0 Å². The van der Waals surface area contributed by atoms with Crippen LogP contribution in [0, 0.1) is 0 Å². The van der Waals surface area contributed by atoms with Crippen molar-refractivity contribution in [2.45, 2.75) is 19.3 Å². The lowest BCUT2D eigenvalue weighted by atomic mass is 10.2. The van der Waals surface area contributed by atoms with Crippen molar-refractivity contribution in [2.75, 3.05) is 29.7 Å². The number of rotatable bonds is 8. The van der Waals surface area contributed by atoms with Crippen LogP contribution < -0.4 is 19.3 Å². The molecule has 3 aromatic carbocycles. The quantitative estimate of drug-likeness (QED) is 0.259. The van der Waals surface area contributed by atoms with Crippen molar-refractivity contribution in [1.82, 2.24) is 4.98 Å². The molecule has 0 N–H and O–H groups in total. The maximum Gasteiger partial charge on any atom is 0.241 e. The minimum Gasteiger partial charge on any atom is -0.473 e. The van der Waals surface area contributed by atoms with Crippen molar-refractivity contribution in [2.24, 2.45) is 0 Å². The lowest BCUT2D eigenvalue weighted by molar-refractivity contribution is 0.00891. The number of nitrogens with zero attached hydrogens (tertiary/aromatic N) is 3. The van der Waals surface area contributed by atoms with E-state index in [2.05, 4.69) is 56.1 Å². The van der Waals surface area contributed by atoms with Crippen molar-refractivity contribution in [3.05, 3.63) is 107 Å². The molecule has 0 bridgehead atoms. The lowest BCUT2D eigenvalue weighted by Gasteiger charge is -2.36. The van der Waals surface area contributed by atoms with Gasteiger partial charge in [-0.3, -0.25) is 0 Å². The number of pyridine rings is 1. The number of ether oxygens (including phenoxy) is 3. The summed E-state index contributed by atoms with van der Waals surface area (Å²) < 4.78 is 18.9. The molecule has 1 aromatic heterocycles. The van der Waals surface area contributed by atoms with E-state index in [1.165, 1.54) is 5.69 Å². The summed E-state index contributed by atoms with van der Waals surface area (Å²) in [6.45, 7) is 3.04. The van der Waals surface area contributed by atoms with Gasteiger partial charge in [0.25, 0.3) is 0 Å². The van der Waals surface area contributed by atoms with Crippen molar-refractivity contribution in [3.8, 4) is 11.8 Å². The number of benzene rings is 3. The molecule has 0 aliphatic carbocycles. The molecule has 6 rings (SSSR count). The molecule has 0 radical (unpaired) electrons. The number of aromatic nitrogens is 1. The Morgan fingerprint density at radius 1 is 0.778 bits per heavy atom. The fourth-order valence-electron chi connectivity index (χ4n) is 4.45. The van der Waals surface area contributed by atoms with Crippen LogP contribution in [-0.4, -0.2) is 30.9 Å². The average Bonchev–Trinajstić information content (AvgIpc) is 3.24. The van der Waals surface area contributed by atoms with Gasteiger partial charge >= 0.3 is 0 Å². The molecule has 0 unspecified atom stereocenters. The number of fused-ring (bicyclic) bond motifs is 1. The highest BCUT2D eigenvalue weighted by Crippen LogP contribution is 2.46. The number of hydrogen-bond acceptors (Lipinski definition) is 6. The summed E-state index contributed by atoms with van der Waals surface area (Å²) in [5, 5.41) is 0. The third-order valence-corrected chi connectivity index (χ3v) is 6.94.